The van der Waals surface area contributed by atoms with E-state index in [1.165, 1.54) is 6.07 Å². The van der Waals surface area contributed by atoms with E-state index in [0.717, 1.165) is 5.56 Å². The van der Waals surface area contributed by atoms with Crippen LogP contribution in [0.2, 0.25) is 0 Å². The molecule has 0 saturated heterocycles. The number of ether oxygens (including phenoxy) is 3. The fourth-order valence-corrected chi connectivity index (χ4v) is 2.32. The van der Waals surface area contributed by atoms with E-state index in [0.29, 0.717) is 35.8 Å². The molecule has 0 spiro atoms. The van der Waals surface area contributed by atoms with Crippen LogP contribution >= 0.6 is 0 Å². The standard InChI is InChI=1S/C19H22N2O5/c1-24-16-7-6-13(10-17(16)25-2)8-9-21-18(22)12-26-15-5-3-4-14(11-15)19(20)23/h3-7,10-11H,8-9,12H2,1-2H3,(H2,20,23)(H,21,22). The third-order valence-electron chi connectivity index (χ3n) is 3.67. The zero-order chi connectivity index (χ0) is 18.9. The Kier molecular flexibility index (Phi) is 6.84. The van der Waals surface area contributed by atoms with Gasteiger partial charge in [0.1, 0.15) is 5.75 Å². The first-order valence-corrected chi connectivity index (χ1v) is 8.03. The Morgan fingerprint density at radius 3 is 2.50 bits per heavy atom. The quantitative estimate of drug-likeness (QED) is 0.708. The molecule has 3 N–H and O–H groups in total. The summed E-state index contributed by atoms with van der Waals surface area (Å²) in [4.78, 5) is 23.0. The average Bonchev–Trinajstić information content (AvgIpc) is 2.66. The van der Waals surface area contributed by atoms with Gasteiger partial charge in [-0.1, -0.05) is 12.1 Å². The Bertz CT molecular complexity index is 776. The van der Waals surface area contributed by atoms with Crippen LogP contribution < -0.4 is 25.3 Å². The summed E-state index contributed by atoms with van der Waals surface area (Å²) in [6.07, 6.45) is 0.642. The number of primary amides is 1. The fraction of sp³-hybridized carbons (Fsp3) is 0.263. The van der Waals surface area contributed by atoms with E-state index in [4.69, 9.17) is 19.9 Å². The van der Waals surface area contributed by atoms with Crippen LogP contribution in [0.25, 0.3) is 0 Å². The summed E-state index contributed by atoms with van der Waals surface area (Å²) in [6.45, 7) is 0.313. The van der Waals surface area contributed by atoms with Crippen LogP contribution in [0.3, 0.4) is 0 Å². The number of hydrogen-bond donors (Lipinski definition) is 2. The molecule has 0 unspecified atom stereocenters. The van der Waals surface area contributed by atoms with Crippen molar-refractivity contribution < 1.29 is 23.8 Å². The minimum atomic E-state index is -0.546. The van der Waals surface area contributed by atoms with E-state index in [9.17, 15) is 9.59 Å². The number of benzene rings is 2. The first kappa shape index (κ1) is 19.1. The van der Waals surface area contributed by atoms with Crippen molar-refractivity contribution in [2.45, 2.75) is 6.42 Å². The molecule has 2 rings (SSSR count). The molecular formula is C19H22N2O5. The number of carbonyl (C=O) groups excluding carboxylic acids is 2. The zero-order valence-electron chi connectivity index (χ0n) is 14.8. The Balaban J connectivity index is 1.79. The first-order chi connectivity index (χ1) is 12.5. The van der Waals surface area contributed by atoms with Crippen molar-refractivity contribution in [3.05, 3.63) is 53.6 Å². The van der Waals surface area contributed by atoms with Crippen molar-refractivity contribution in [3.8, 4) is 17.2 Å². The van der Waals surface area contributed by atoms with Gasteiger partial charge in [-0.15, -0.1) is 0 Å². The maximum absolute atomic E-state index is 11.9. The Labute approximate surface area is 152 Å². The molecule has 2 aromatic rings. The van der Waals surface area contributed by atoms with E-state index >= 15 is 0 Å². The molecule has 0 aliphatic carbocycles. The Hall–Kier alpha value is -3.22. The summed E-state index contributed by atoms with van der Waals surface area (Å²) in [5.41, 5.74) is 6.55. The monoisotopic (exact) mass is 358 g/mol. The number of methoxy groups -OCH3 is 2. The lowest BCUT2D eigenvalue weighted by Crippen LogP contribution is -2.30. The number of amides is 2. The minimum absolute atomic E-state index is 0.145. The highest BCUT2D eigenvalue weighted by molar-refractivity contribution is 5.93. The molecule has 0 fully saturated rings. The fourth-order valence-electron chi connectivity index (χ4n) is 2.32. The van der Waals surface area contributed by atoms with E-state index < -0.39 is 5.91 Å². The second kappa shape index (κ2) is 9.31. The van der Waals surface area contributed by atoms with E-state index in [-0.39, 0.29) is 12.5 Å². The summed E-state index contributed by atoms with van der Waals surface area (Å²) in [5.74, 6) is 0.919. The molecule has 0 radical (unpaired) electrons. The predicted octanol–water partition coefficient (Wildman–Crippen LogP) is 1.54. The van der Waals surface area contributed by atoms with Crippen LogP contribution in [0.15, 0.2) is 42.5 Å². The van der Waals surface area contributed by atoms with Crippen molar-refractivity contribution in [2.24, 2.45) is 5.73 Å². The highest BCUT2D eigenvalue weighted by Crippen LogP contribution is 2.27. The topological polar surface area (TPSA) is 99.9 Å². The van der Waals surface area contributed by atoms with Crippen molar-refractivity contribution in [2.75, 3.05) is 27.4 Å². The molecule has 0 heterocycles. The van der Waals surface area contributed by atoms with Crippen LogP contribution in [0, 0.1) is 0 Å². The highest BCUT2D eigenvalue weighted by Gasteiger charge is 2.07. The summed E-state index contributed by atoms with van der Waals surface area (Å²) in [6, 6.07) is 12.0. The summed E-state index contributed by atoms with van der Waals surface area (Å²) in [7, 11) is 3.16. The van der Waals surface area contributed by atoms with E-state index in [1.54, 1.807) is 32.4 Å². The molecule has 7 heteroatoms. The van der Waals surface area contributed by atoms with Crippen molar-refractivity contribution >= 4 is 11.8 Å². The number of rotatable bonds is 9. The van der Waals surface area contributed by atoms with Gasteiger partial charge in [-0.3, -0.25) is 9.59 Å². The molecule has 0 bridgehead atoms. The number of nitrogens with one attached hydrogen (secondary N) is 1. The maximum atomic E-state index is 11.9. The van der Waals surface area contributed by atoms with Gasteiger partial charge in [0, 0.05) is 12.1 Å². The molecule has 0 saturated carbocycles. The van der Waals surface area contributed by atoms with Crippen LogP contribution in [-0.4, -0.2) is 39.2 Å². The number of carbonyl (C=O) groups is 2. The summed E-state index contributed by atoms with van der Waals surface area (Å²) < 4.78 is 15.8. The first-order valence-electron chi connectivity index (χ1n) is 8.03. The lowest BCUT2D eigenvalue weighted by molar-refractivity contribution is -0.123. The zero-order valence-corrected chi connectivity index (χ0v) is 14.8. The molecule has 0 aromatic heterocycles. The second-order valence-corrected chi connectivity index (χ2v) is 5.47. The van der Waals surface area contributed by atoms with Crippen LogP contribution in [0.1, 0.15) is 15.9 Å². The molecule has 2 aromatic carbocycles. The largest absolute Gasteiger partial charge is 0.493 e. The van der Waals surface area contributed by atoms with Crippen LogP contribution in [0.4, 0.5) is 0 Å². The van der Waals surface area contributed by atoms with Gasteiger partial charge in [-0.05, 0) is 42.3 Å². The van der Waals surface area contributed by atoms with Gasteiger partial charge < -0.3 is 25.3 Å². The van der Waals surface area contributed by atoms with Crippen LogP contribution in [-0.2, 0) is 11.2 Å². The maximum Gasteiger partial charge on any atom is 0.257 e. The third kappa shape index (κ3) is 5.41. The van der Waals surface area contributed by atoms with Gasteiger partial charge in [-0.2, -0.15) is 0 Å². The highest BCUT2D eigenvalue weighted by atomic mass is 16.5. The third-order valence-corrected chi connectivity index (χ3v) is 3.67. The average molecular weight is 358 g/mol. The molecule has 138 valence electrons. The summed E-state index contributed by atoms with van der Waals surface area (Å²) >= 11 is 0. The molecular weight excluding hydrogens is 336 g/mol. The molecule has 26 heavy (non-hydrogen) atoms. The number of hydrogen-bond acceptors (Lipinski definition) is 5. The van der Waals surface area contributed by atoms with Gasteiger partial charge in [-0.25, -0.2) is 0 Å². The Morgan fingerprint density at radius 2 is 1.81 bits per heavy atom. The molecule has 0 atom stereocenters. The molecule has 0 aliphatic heterocycles. The predicted molar refractivity (Wildman–Crippen MR) is 96.7 cm³/mol. The molecule has 2 amide bonds. The van der Waals surface area contributed by atoms with Crippen molar-refractivity contribution in [1.29, 1.82) is 0 Å². The molecule has 7 nitrogen and oxygen atoms in total. The van der Waals surface area contributed by atoms with Gasteiger partial charge >= 0.3 is 0 Å². The van der Waals surface area contributed by atoms with Gasteiger partial charge in [0.2, 0.25) is 5.91 Å². The van der Waals surface area contributed by atoms with E-state index in [2.05, 4.69) is 5.32 Å². The van der Waals surface area contributed by atoms with Crippen molar-refractivity contribution in [1.82, 2.24) is 5.32 Å². The van der Waals surface area contributed by atoms with E-state index in [1.807, 2.05) is 18.2 Å². The van der Waals surface area contributed by atoms with Crippen molar-refractivity contribution in [3.63, 3.8) is 0 Å². The van der Waals surface area contributed by atoms with Gasteiger partial charge in [0.05, 0.1) is 14.2 Å². The smallest absolute Gasteiger partial charge is 0.257 e. The van der Waals surface area contributed by atoms with Gasteiger partial charge in [0.25, 0.3) is 5.91 Å². The number of nitrogens with two attached hydrogens (primary N) is 1. The van der Waals surface area contributed by atoms with Gasteiger partial charge in [0.15, 0.2) is 18.1 Å². The van der Waals surface area contributed by atoms with Crippen LogP contribution in [0.5, 0.6) is 17.2 Å². The second-order valence-electron chi connectivity index (χ2n) is 5.47. The normalized spacial score (nSPS) is 10.1. The minimum Gasteiger partial charge on any atom is -0.493 e. The lowest BCUT2D eigenvalue weighted by atomic mass is 10.1. The molecule has 0 aliphatic rings. The SMILES string of the molecule is COc1ccc(CCNC(=O)COc2cccc(C(N)=O)c2)cc1OC. The lowest BCUT2D eigenvalue weighted by Gasteiger charge is -2.10. The Morgan fingerprint density at radius 1 is 1.04 bits per heavy atom. The summed E-state index contributed by atoms with van der Waals surface area (Å²) in [5, 5.41) is 2.78.